The minimum Gasteiger partial charge on any atom is -0.375 e. The van der Waals surface area contributed by atoms with Crippen LogP contribution in [0.2, 0.25) is 0 Å². The molecule has 25 heavy (non-hydrogen) atoms. The van der Waals surface area contributed by atoms with E-state index < -0.39 is 0 Å². The van der Waals surface area contributed by atoms with E-state index in [1.54, 1.807) is 6.21 Å². The highest BCUT2D eigenvalue weighted by atomic mass is 32.1. The van der Waals surface area contributed by atoms with E-state index in [0.29, 0.717) is 0 Å². The molecular formula is C20H18N4S. The number of thiocarbonyl (C=S) groups is 1. The van der Waals surface area contributed by atoms with Crippen molar-refractivity contribution in [2.24, 2.45) is 10.8 Å². The van der Waals surface area contributed by atoms with Crippen LogP contribution < -0.4 is 16.1 Å². The van der Waals surface area contributed by atoms with Crippen LogP contribution in [0.5, 0.6) is 0 Å². The molecule has 0 heterocycles. The van der Waals surface area contributed by atoms with Gasteiger partial charge in [0.2, 0.25) is 0 Å². The third-order valence-electron chi connectivity index (χ3n) is 3.57. The molecule has 0 bridgehead atoms. The summed E-state index contributed by atoms with van der Waals surface area (Å²) in [5.41, 5.74) is 12.1. The number of nitrogens with one attached hydrogen (secondary N) is 1. The molecule has 0 aliphatic carbocycles. The van der Waals surface area contributed by atoms with E-state index in [0.717, 1.165) is 22.6 Å². The first-order valence-corrected chi connectivity index (χ1v) is 8.24. The molecule has 0 aliphatic rings. The molecule has 0 unspecified atom stereocenters. The van der Waals surface area contributed by atoms with Gasteiger partial charge in [-0.1, -0.05) is 48.5 Å². The quantitative estimate of drug-likeness (QED) is 0.410. The summed E-state index contributed by atoms with van der Waals surface area (Å²) in [6, 6.07) is 28.7. The fourth-order valence-corrected chi connectivity index (χ4v) is 2.53. The Bertz CT molecular complexity index is 806. The SMILES string of the molecule is NC(=S)N/N=C\c1ccc(N(c2ccccc2)c2ccccc2)cc1. The van der Waals surface area contributed by atoms with E-state index in [9.17, 15) is 0 Å². The van der Waals surface area contributed by atoms with Crippen LogP contribution in [-0.4, -0.2) is 11.3 Å². The average Bonchev–Trinajstić information content (AvgIpc) is 2.65. The van der Waals surface area contributed by atoms with E-state index in [4.69, 9.17) is 18.0 Å². The lowest BCUT2D eigenvalue weighted by Crippen LogP contribution is -2.23. The molecule has 3 N–H and O–H groups in total. The molecule has 4 nitrogen and oxygen atoms in total. The number of benzene rings is 3. The van der Waals surface area contributed by atoms with Crippen LogP contribution in [0.4, 0.5) is 17.1 Å². The maximum Gasteiger partial charge on any atom is 0.184 e. The van der Waals surface area contributed by atoms with Crippen molar-refractivity contribution in [1.82, 2.24) is 5.43 Å². The topological polar surface area (TPSA) is 53.6 Å². The lowest BCUT2D eigenvalue weighted by atomic mass is 10.1. The van der Waals surface area contributed by atoms with Gasteiger partial charge in [0.25, 0.3) is 0 Å². The second-order valence-electron chi connectivity index (χ2n) is 5.33. The van der Waals surface area contributed by atoms with Crippen LogP contribution in [0.25, 0.3) is 0 Å². The van der Waals surface area contributed by atoms with Crippen molar-refractivity contribution >= 4 is 40.6 Å². The largest absolute Gasteiger partial charge is 0.375 e. The van der Waals surface area contributed by atoms with Gasteiger partial charge in [0, 0.05) is 17.1 Å². The van der Waals surface area contributed by atoms with Crippen molar-refractivity contribution in [1.29, 1.82) is 0 Å². The van der Waals surface area contributed by atoms with Gasteiger partial charge in [0.1, 0.15) is 0 Å². The maximum atomic E-state index is 5.35. The molecule has 0 fully saturated rings. The summed E-state index contributed by atoms with van der Waals surface area (Å²) in [7, 11) is 0. The summed E-state index contributed by atoms with van der Waals surface area (Å²) >= 11 is 4.72. The van der Waals surface area contributed by atoms with E-state index >= 15 is 0 Å². The molecule has 0 aromatic heterocycles. The van der Waals surface area contributed by atoms with Gasteiger partial charge in [-0.05, 0) is 54.2 Å². The van der Waals surface area contributed by atoms with Gasteiger partial charge < -0.3 is 10.6 Å². The van der Waals surface area contributed by atoms with Crippen molar-refractivity contribution in [2.45, 2.75) is 0 Å². The maximum absolute atomic E-state index is 5.35. The standard InChI is InChI=1S/C20H18N4S/c21-20(25)23-22-15-16-11-13-19(14-12-16)24(17-7-3-1-4-8-17)18-9-5-2-6-10-18/h1-15H,(H3,21,23,25)/b22-15-. The highest BCUT2D eigenvalue weighted by Crippen LogP contribution is 2.33. The highest BCUT2D eigenvalue weighted by Gasteiger charge is 2.11. The zero-order valence-corrected chi connectivity index (χ0v) is 14.4. The van der Waals surface area contributed by atoms with Gasteiger partial charge in [-0.3, -0.25) is 5.43 Å². The van der Waals surface area contributed by atoms with Gasteiger partial charge >= 0.3 is 0 Å². The molecular weight excluding hydrogens is 328 g/mol. The first kappa shape index (κ1) is 16.7. The molecule has 124 valence electrons. The molecule has 0 atom stereocenters. The first-order chi connectivity index (χ1) is 12.2. The summed E-state index contributed by atoms with van der Waals surface area (Å²) in [4.78, 5) is 2.20. The Morgan fingerprint density at radius 1 is 0.800 bits per heavy atom. The number of rotatable bonds is 5. The smallest absolute Gasteiger partial charge is 0.184 e. The van der Waals surface area contributed by atoms with Crippen molar-refractivity contribution < 1.29 is 0 Å². The van der Waals surface area contributed by atoms with Crippen molar-refractivity contribution in [3.8, 4) is 0 Å². The normalized spacial score (nSPS) is 10.6. The molecule has 0 aliphatic heterocycles. The van der Waals surface area contributed by atoms with Gasteiger partial charge in [0.15, 0.2) is 5.11 Å². The minimum atomic E-state index is 0.146. The predicted octanol–water partition coefficient (Wildman–Crippen LogP) is 4.32. The van der Waals surface area contributed by atoms with Crippen LogP contribution in [0.1, 0.15) is 5.56 Å². The average molecular weight is 346 g/mol. The zero-order valence-electron chi connectivity index (χ0n) is 13.5. The molecule has 5 heteroatoms. The van der Waals surface area contributed by atoms with Gasteiger partial charge in [-0.15, -0.1) is 0 Å². The number of nitrogens with zero attached hydrogens (tertiary/aromatic N) is 2. The third kappa shape index (κ3) is 4.43. The molecule has 0 saturated heterocycles. The summed E-state index contributed by atoms with van der Waals surface area (Å²) in [5, 5.41) is 4.12. The molecule has 0 spiro atoms. The van der Waals surface area contributed by atoms with Crippen molar-refractivity contribution in [2.75, 3.05) is 4.90 Å². The van der Waals surface area contributed by atoms with Crippen LogP contribution in [-0.2, 0) is 0 Å². The van der Waals surface area contributed by atoms with E-state index in [2.05, 4.69) is 51.8 Å². The summed E-state index contributed by atoms with van der Waals surface area (Å²) < 4.78 is 0. The second-order valence-corrected chi connectivity index (χ2v) is 5.77. The van der Waals surface area contributed by atoms with Crippen LogP contribution in [0.3, 0.4) is 0 Å². The summed E-state index contributed by atoms with van der Waals surface area (Å²) in [6.07, 6.45) is 1.68. The molecule has 0 saturated carbocycles. The fraction of sp³-hybridized carbons (Fsp3) is 0. The Balaban J connectivity index is 1.92. The Morgan fingerprint density at radius 2 is 1.28 bits per heavy atom. The van der Waals surface area contributed by atoms with E-state index in [-0.39, 0.29) is 5.11 Å². The number of nitrogens with two attached hydrogens (primary N) is 1. The lowest BCUT2D eigenvalue weighted by Gasteiger charge is -2.25. The Labute approximate surface area is 152 Å². The summed E-state index contributed by atoms with van der Waals surface area (Å²) in [6.45, 7) is 0. The van der Waals surface area contributed by atoms with Crippen molar-refractivity contribution in [3.63, 3.8) is 0 Å². The summed E-state index contributed by atoms with van der Waals surface area (Å²) in [5.74, 6) is 0. The fourth-order valence-electron chi connectivity index (χ4n) is 2.48. The molecule has 0 amide bonds. The first-order valence-electron chi connectivity index (χ1n) is 7.83. The molecule has 3 aromatic carbocycles. The van der Waals surface area contributed by atoms with E-state index in [1.165, 1.54) is 0 Å². The number of hydrazone groups is 1. The number of hydrogen-bond donors (Lipinski definition) is 2. The highest BCUT2D eigenvalue weighted by molar-refractivity contribution is 7.80. The zero-order chi connectivity index (χ0) is 17.5. The van der Waals surface area contributed by atoms with Crippen LogP contribution in [0.15, 0.2) is 90.0 Å². The van der Waals surface area contributed by atoms with Gasteiger partial charge in [-0.25, -0.2) is 0 Å². The van der Waals surface area contributed by atoms with Crippen molar-refractivity contribution in [3.05, 3.63) is 90.5 Å². The van der Waals surface area contributed by atoms with Crippen LogP contribution >= 0.6 is 12.2 Å². The van der Waals surface area contributed by atoms with Gasteiger partial charge in [0.05, 0.1) is 6.21 Å². The monoisotopic (exact) mass is 346 g/mol. The number of para-hydroxylation sites is 2. The van der Waals surface area contributed by atoms with E-state index in [1.807, 2.05) is 48.5 Å². The molecule has 3 rings (SSSR count). The van der Waals surface area contributed by atoms with Crippen LogP contribution in [0, 0.1) is 0 Å². The molecule has 3 aromatic rings. The third-order valence-corrected chi connectivity index (χ3v) is 3.66. The Morgan fingerprint density at radius 3 is 1.76 bits per heavy atom. The Hall–Kier alpha value is -3.18. The number of anilines is 3. The Kier molecular flexibility index (Phi) is 5.39. The number of hydrogen-bond acceptors (Lipinski definition) is 3. The lowest BCUT2D eigenvalue weighted by molar-refractivity contribution is 1.04. The minimum absolute atomic E-state index is 0.146. The molecule has 0 radical (unpaired) electrons. The van der Waals surface area contributed by atoms with Gasteiger partial charge in [-0.2, -0.15) is 5.10 Å². The predicted molar refractivity (Wildman–Crippen MR) is 109 cm³/mol. The second kappa shape index (κ2) is 8.08.